The van der Waals surface area contributed by atoms with Gasteiger partial charge in [-0.1, -0.05) is 0 Å². The summed E-state index contributed by atoms with van der Waals surface area (Å²) in [7, 11) is 1.87. The molecule has 3 heterocycles. The van der Waals surface area contributed by atoms with Gasteiger partial charge in [-0.2, -0.15) is 10.2 Å². The minimum absolute atomic E-state index is 0.174. The molecule has 1 N–H and O–H groups in total. The molecule has 7 nitrogen and oxygen atoms in total. The number of anilines is 1. The van der Waals surface area contributed by atoms with E-state index < -0.39 is 0 Å². The van der Waals surface area contributed by atoms with E-state index in [1.54, 1.807) is 23.4 Å². The predicted molar refractivity (Wildman–Crippen MR) is 76.3 cm³/mol. The Morgan fingerprint density at radius 1 is 1.20 bits per heavy atom. The van der Waals surface area contributed by atoms with Gasteiger partial charge in [-0.05, 0) is 19.9 Å². The molecular formula is C13H17N7. The lowest BCUT2D eigenvalue weighted by atomic mass is 10.1. The van der Waals surface area contributed by atoms with Crippen LogP contribution < -0.4 is 5.32 Å². The van der Waals surface area contributed by atoms with Crippen LogP contribution in [0.25, 0.3) is 11.0 Å². The Bertz CT molecular complexity index is 701. The topological polar surface area (TPSA) is 73.5 Å². The van der Waals surface area contributed by atoms with E-state index in [1.165, 1.54) is 0 Å². The van der Waals surface area contributed by atoms with Gasteiger partial charge in [0.25, 0.3) is 0 Å². The molecule has 0 spiro atoms. The van der Waals surface area contributed by atoms with Crippen LogP contribution in [0.5, 0.6) is 0 Å². The van der Waals surface area contributed by atoms with E-state index in [9.17, 15) is 0 Å². The van der Waals surface area contributed by atoms with Crippen LogP contribution in [0.15, 0.2) is 31.0 Å². The van der Waals surface area contributed by atoms with E-state index in [-0.39, 0.29) is 12.1 Å². The van der Waals surface area contributed by atoms with Crippen molar-refractivity contribution in [2.45, 2.75) is 25.9 Å². The van der Waals surface area contributed by atoms with Crippen LogP contribution in [0.4, 0.5) is 5.82 Å². The maximum absolute atomic E-state index is 4.32. The Hall–Kier alpha value is -2.44. The maximum atomic E-state index is 4.32. The number of aryl methyl sites for hydroxylation is 1. The Kier molecular flexibility index (Phi) is 3.09. The van der Waals surface area contributed by atoms with Crippen molar-refractivity contribution < 1.29 is 0 Å². The van der Waals surface area contributed by atoms with Crippen molar-refractivity contribution in [3.8, 4) is 0 Å². The maximum Gasteiger partial charge on any atom is 0.163 e. The molecular weight excluding hydrogens is 254 g/mol. The fourth-order valence-corrected chi connectivity index (χ4v) is 2.16. The highest BCUT2D eigenvalue weighted by Crippen LogP contribution is 2.21. The molecule has 0 fully saturated rings. The number of nitrogens with zero attached hydrogens (tertiary/aromatic N) is 6. The molecule has 0 unspecified atom stereocenters. The molecule has 0 saturated heterocycles. The molecule has 7 heteroatoms. The van der Waals surface area contributed by atoms with Crippen molar-refractivity contribution in [1.82, 2.24) is 29.5 Å². The first-order valence-corrected chi connectivity index (χ1v) is 6.55. The van der Waals surface area contributed by atoms with Gasteiger partial charge in [0.1, 0.15) is 12.1 Å². The molecule has 3 aromatic heterocycles. The van der Waals surface area contributed by atoms with E-state index in [4.69, 9.17) is 0 Å². The molecule has 0 amide bonds. The molecule has 0 radical (unpaired) electrons. The van der Waals surface area contributed by atoms with Crippen molar-refractivity contribution >= 4 is 16.9 Å². The monoisotopic (exact) mass is 271 g/mol. The van der Waals surface area contributed by atoms with Gasteiger partial charge in [0, 0.05) is 25.5 Å². The first-order valence-electron chi connectivity index (χ1n) is 6.55. The Morgan fingerprint density at radius 3 is 2.80 bits per heavy atom. The van der Waals surface area contributed by atoms with Gasteiger partial charge in [-0.25, -0.2) is 9.97 Å². The van der Waals surface area contributed by atoms with Crippen molar-refractivity contribution in [2.24, 2.45) is 7.05 Å². The second kappa shape index (κ2) is 4.92. The lowest BCUT2D eigenvalue weighted by molar-refractivity contribution is 0.443. The minimum Gasteiger partial charge on any atom is -0.365 e. The summed E-state index contributed by atoms with van der Waals surface area (Å²) in [6, 6.07) is 2.31. The predicted octanol–water partition coefficient (Wildman–Crippen LogP) is 1.62. The number of fused-ring (bicyclic) bond motifs is 1. The molecule has 0 saturated carbocycles. The van der Waals surface area contributed by atoms with Crippen molar-refractivity contribution in [2.75, 3.05) is 5.32 Å². The van der Waals surface area contributed by atoms with Gasteiger partial charge in [-0.3, -0.25) is 9.36 Å². The van der Waals surface area contributed by atoms with Gasteiger partial charge < -0.3 is 5.32 Å². The summed E-state index contributed by atoms with van der Waals surface area (Å²) in [6.07, 6.45) is 7.08. The Labute approximate surface area is 116 Å². The zero-order valence-electron chi connectivity index (χ0n) is 11.7. The van der Waals surface area contributed by atoms with Crippen LogP contribution in [-0.2, 0) is 7.05 Å². The van der Waals surface area contributed by atoms with Crippen LogP contribution >= 0.6 is 0 Å². The number of nitrogens with one attached hydrogen (secondary N) is 1. The van der Waals surface area contributed by atoms with Gasteiger partial charge in [0.15, 0.2) is 5.65 Å². The summed E-state index contributed by atoms with van der Waals surface area (Å²) in [5.74, 6) is 0.801. The number of hydrogen-bond acceptors (Lipinski definition) is 5. The molecule has 2 atom stereocenters. The van der Waals surface area contributed by atoms with Crippen LogP contribution in [-0.4, -0.2) is 35.6 Å². The highest BCUT2D eigenvalue weighted by atomic mass is 15.3. The fraction of sp³-hybridized carbons (Fsp3) is 0.385. The van der Waals surface area contributed by atoms with Crippen LogP contribution in [0, 0.1) is 0 Å². The highest BCUT2D eigenvalue weighted by Gasteiger charge is 2.16. The third-order valence-electron chi connectivity index (χ3n) is 3.56. The summed E-state index contributed by atoms with van der Waals surface area (Å²) in [4.78, 5) is 8.55. The first-order chi connectivity index (χ1) is 9.66. The summed E-state index contributed by atoms with van der Waals surface area (Å²) in [5.41, 5.74) is 0.821. The SMILES string of the molecule is C[C@@H](Nc1ncnc2c1cnn2C)[C@H](C)n1cccn1. The number of aromatic nitrogens is 6. The summed E-state index contributed by atoms with van der Waals surface area (Å²) < 4.78 is 3.67. The zero-order chi connectivity index (χ0) is 14.1. The summed E-state index contributed by atoms with van der Waals surface area (Å²) in [6.45, 7) is 4.23. The number of hydrogen-bond donors (Lipinski definition) is 1. The largest absolute Gasteiger partial charge is 0.365 e. The molecule has 0 aliphatic rings. The second-order valence-corrected chi connectivity index (χ2v) is 4.89. The molecule has 3 aromatic rings. The lowest BCUT2D eigenvalue weighted by Crippen LogP contribution is -2.27. The quantitative estimate of drug-likeness (QED) is 0.780. The highest BCUT2D eigenvalue weighted by molar-refractivity contribution is 5.86. The third-order valence-corrected chi connectivity index (χ3v) is 3.56. The zero-order valence-corrected chi connectivity index (χ0v) is 11.7. The lowest BCUT2D eigenvalue weighted by Gasteiger charge is -2.22. The molecule has 0 aliphatic carbocycles. The molecule has 104 valence electrons. The smallest absolute Gasteiger partial charge is 0.163 e. The minimum atomic E-state index is 0.174. The van der Waals surface area contributed by atoms with Crippen LogP contribution in [0.2, 0.25) is 0 Å². The molecule has 3 rings (SSSR count). The number of rotatable bonds is 4. The van der Waals surface area contributed by atoms with Crippen molar-refractivity contribution in [3.63, 3.8) is 0 Å². The summed E-state index contributed by atoms with van der Waals surface area (Å²) >= 11 is 0. The second-order valence-electron chi connectivity index (χ2n) is 4.89. The summed E-state index contributed by atoms with van der Waals surface area (Å²) in [5, 5.41) is 12.8. The van der Waals surface area contributed by atoms with E-state index in [1.807, 2.05) is 24.0 Å². The molecule has 0 aromatic carbocycles. The van der Waals surface area contributed by atoms with Crippen molar-refractivity contribution in [3.05, 3.63) is 31.0 Å². The van der Waals surface area contributed by atoms with Gasteiger partial charge in [0.05, 0.1) is 17.6 Å². The molecule has 0 bridgehead atoms. The normalized spacial score (nSPS) is 14.3. The Morgan fingerprint density at radius 2 is 2.05 bits per heavy atom. The molecule has 20 heavy (non-hydrogen) atoms. The van der Waals surface area contributed by atoms with Gasteiger partial charge >= 0.3 is 0 Å². The Balaban J connectivity index is 1.86. The third kappa shape index (κ3) is 2.11. The van der Waals surface area contributed by atoms with Crippen LogP contribution in [0.1, 0.15) is 19.9 Å². The van der Waals surface area contributed by atoms with Gasteiger partial charge in [-0.15, -0.1) is 0 Å². The molecule has 0 aliphatic heterocycles. The van der Waals surface area contributed by atoms with E-state index >= 15 is 0 Å². The van der Waals surface area contributed by atoms with E-state index in [0.717, 1.165) is 16.9 Å². The fourth-order valence-electron chi connectivity index (χ4n) is 2.16. The van der Waals surface area contributed by atoms with Gasteiger partial charge in [0.2, 0.25) is 0 Å². The van der Waals surface area contributed by atoms with E-state index in [0.29, 0.717) is 0 Å². The average molecular weight is 271 g/mol. The average Bonchev–Trinajstić information content (AvgIpc) is 3.09. The first kappa shape index (κ1) is 12.6. The standard InChI is InChI=1S/C13H17N7/c1-9(10(2)20-6-4-5-16-20)18-12-11-7-17-19(3)13(11)15-8-14-12/h4-10H,1-3H3,(H,14,15,18)/t9-,10+/m1/s1. The van der Waals surface area contributed by atoms with Crippen LogP contribution in [0.3, 0.4) is 0 Å². The van der Waals surface area contributed by atoms with E-state index in [2.05, 4.69) is 39.3 Å². The van der Waals surface area contributed by atoms with Crippen molar-refractivity contribution in [1.29, 1.82) is 0 Å².